The van der Waals surface area contributed by atoms with Gasteiger partial charge in [0.1, 0.15) is 5.82 Å². The van der Waals surface area contributed by atoms with Crippen LogP contribution in [0.25, 0.3) is 0 Å². The molecule has 0 radical (unpaired) electrons. The van der Waals surface area contributed by atoms with E-state index in [1.165, 1.54) is 12.1 Å². The van der Waals surface area contributed by atoms with Crippen molar-refractivity contribution in [2.75, 3.05) is 44.2 Å². The van der Waals surface area contributed by atoms with E-state index in [0.717, 1.165) is 70.3 Å². The Morgan fingerprint density at radius 3 is 2.31 bits per heavy atom. The van der Waals surface area contributed by atoms with Gasteiger partial charge in [0.05, 0.1) is 11.5 Å². The molecule has 2 heterocycles. The third-order valence-electron chi connectivity index (χ3n) is 9.47. The van der Waals surface area contributed by atoms with Crippen molar-refractivity contribution in [3.63, 3.8) is 0 Å². The minimum atomic E-state index is -0.307. The molecule has 0 aromatic heterocycles. The lowest BCUT2D eigenvalue weighted by Gasteiger charge is -2.58. The number of aliphatic hydroxyl groups excluding tert-OH is 1. The van der Waals surface area contributed by atoms with Gasteiger partial charge < -0.3 is 25.1 Å². The maximum absolute atomic E-state index is 13.5. The van der Waals surface area contributed by atoms with Crippen molar-refractivity contribution in [3.05, 3.63) is 30.1 Å². The molecule has 35 heavy (non-hydrogen) atoms. The largest absolute Gasteiger partial charge is 0.393 e. The molecule has 4 aliphatic carbocycles. The summed E-state index contributed by atoms with van der Waals surface area (Å²) in [6.07, 6.45) is 6.33. The van der Waals surface area contributed by atoms with Crippen molar-refractivity contribution in [1.29, 1.82) is 0 Å². The predicted molar refractivity (Wildman–Crippen MR) is 130 cm³/mol. The highest BCUT2D eigenvalue weighted by Crippen LogP contribution is 2.60. The summed E-state index contributed by atoms with van der Waals surface area (Å²) in [6, 6.07) is 6.57. The molecule has 190 valence electrons. The van der Waals surface area contributed by atoms with Gasteiger partial charge in [0.25, 0.3) is 0 Å². The van der Waals surface area contributed by atoms with E-state index in [0.29, 0.717) is 25.6 Å². The number of benzene rings is 1. The van der Waals surface area contributed by atoms with E-state index in [4.69, 9.17) is 0 Å². The van der Waals surface area contributed by atoms with Gasteiger partial charge in [-0.25, -0.2) is 9.18 Å². The third kappa shape index (κ3) is 4.28. The smallest absolute Gasteiger partial charge is 0.320 e. The minimum Gasteiger partial charge on any atom is -0.393 e. The number of carbonyl (C=O) groups is 2. The van der Waals surface area contributed by atoms with Crippen LogP contribution >= 0.6 is 0 Å². The maximum Gasteiger partial charge on any atom is 0.320 e. The Kier molecular flexibility index (Phi) is 5.90. The first-order valence-corrected chi connectivity index (χ1v) is 13.4. The second kappa shape index (κ2) is 8.95. The Morgan fingerprint density at radius 2 is 1.63 bits per heavy atom. The average molecular weight is 485 g/mol. The van der Waals surface area contributed by atoms with E-state index in [2.05, 4.69) is 10.2 Å². The molecule has 3 amide bonds. The molecular weight excluding hydrogens is 447 g/mol. The number of likely N-dealkylation sites (tertiary alicyclic amines) is 1. The predicted octanol–water partition coefficient (Wildman–Crippen LogP) is 2.84. The summed E-state index contributed by atoms with van der Waals surface area (Å²) >= 11 is 0. The fourth-order valence-electron chi connectivity index (χ4n) is 7.89. The molecular formula is C27H37FN4O3. The van der Waals surface area contributed by atoms with Gasteiger partial charge in [-0.2, -0.15) is 0 Å². The maximum atomic E-state index is 13.5. The van der Waals surface area contributed by atoms with Gasteiger partial charge >= 0.3 is 6.03 Å². The monoisotopic (exact) mass is 484 g/mol. The van der Waals surface area contributed by atoms with Crippen LogP contribution in [0.1, 0.15) is 44.9 Å². The lowest BCUT2D eigenvalue weighted by molar-refractivity contribution is -0.163. The third-order valence-corrected chi connectivity index (χ3v) is 9.47. The van der Waals surface area contributed by atoms with Gasteiger partial charge in [-0.1, -0.05) is 0 Å². The summed E-state index contributed by atoms with van der Waals surface area (Å²) in [4.78, 5) is 32.8. The molecule has 7 rings (SSSR count). The van der Waals surface area contributed by atoms with Gasteiger partial charge in [-0.15, -0.1) is 0 Å². The van der Waals surface area contributed by atoms with Crippen molar-refractivity contribution >= 4 is 17.6 Å². The zero-order chi connectivity index (χ0) is 24.2. The van der Waals surface area contributed by atoms with Crippen molar-refractivity contribution in [2.24, 2.45) is 23.2 Å². The fraction of sp³-hybridized carbons (Fsp3) is 0.704. The van der Waals surface area contributed by atoms with Gasteiger partial charge in [0, 0.05) is 51.0 Å². The van der Waals surface area contributed by atoms with Crippen molar-refractivity contribution < 1.29 is 19.1 Å². The van der Waals surface area contributed by atoms with E-state index < -0.39 is 0 Å². The average Bonchev–Trinajstić information content (AvgIpc) is 2.87. The summed E-state index contributed by atoms with van der Waals surface area (Å²) in [5.41, 5.74) is 0.676. The molecule has 4 bridgehead atoms. The van der Waals surface area contributed by atoms with E-state index >= 15 is 0 Å². The molecule has 6 fully saturated rings. The van der Waals surface area contributed by atoms with Crippen LogP contribution < -0.4 is 10.2 Å². The molecule has 2 unspecified atom stereocenters. The van der Waals surface area contributed by atoms with Crippen LogP contribution in [0.15, 0.2) is 24.3 Å². The molecule has 2 saturated heterocycles. The molecule has 4 saturated carbocycles. The number of hydrogen-bond donors (Lipinski definition) is 2. The topological polar surface area (TPSA) is 76.1 Å². The standard InChI is InChI=1S/C27H37FN4O3/c28-21-3-5-23(6-4-21)30-8-10-31(11-9-30)26(35)32-7-1-2-22(17-32)29-25(34)27-14-18-12-19(15-27)24(33)20(13-18)16-27/h3-6,18-20,22,24,33H,1-2,7-17H2,(H,29,34)/t18?,19?,20?,22-,24?,27?/m0/s1. The molecule has 8 heteroatoms. The van der Waals surface area contributed by atoms with E-state index in [9.17, 15) is 19.1 Å². The second-order valence-corrected chi connectivity index (χ2v) is 11.7. The van der Waals surface area contributed by atoms with Crippen LogP contribution in [0.4, 0.5) is 14.9 Å². The lowest BCUT2D eigenvalue weighted by Crippen LogP contribution is -2.61. The second-order valence-electron chi connectivity index (χ2n) is 11.7. The van der Waals surface area contributed by atoms with Gasteiger partial charge in [0.15, 0.2) is 0 Å². The highest BCUT2D eigenvalue weighted by molar-refractivity contribution is 5.83. The molecule has 7 nitrogen and oxygen atoms in total. The molecule has 0 spiro atoms. The first-order chi connectivity index (χ1) is 16.9. The van der Waals surface area contributed by atoms with Crippen molar-refractivity contribution in [1.82, 2.24) is 15.1 Å². The zero-order valence-corrected chi connectivity index (χ0v) is 20.4. The van der Waals surface area contributed by atoms with Crippen LogP contribution in [-0.2, 0) is 4.79 Å². The number of nitrogens with zero attached hydrogens (tertiary/aromatic N) is 3. The van der Waals surface area contributed by atoms with E-state index in [1.807, 2.05) is 9.80 Å². The summed E-state index contributed by atoms with van der Waals surface area (Å²) < 4.78 is 13.2. The first kappa shape index (κ1) is 23.1. The Labute approximate surface area is 206 Å². The first-order valence-electron chi connectivity index (χ1n) is 13.4. The quantitative estimate of drug-likeness (QED) is 0.692. The number of carbonyl (C=O) groups excluding carboxylic acids is 2. The molecule has 1 aromatic carbocycles. The summed E-state index contributed by atoms with van der Waals surface area (Å²) in [7, 11) is 0. The summed E-state index contributed by atoms with van der Waals surface area (Å²) in [5.74, 6) is 1.07. The molecule has 2 aliphatic heterocycles. The molecule has 1 aromatic rings. The van der Waals surface area contributed by atoms with Crippen LogP contribution in [0.5, 0.6) is 0 Å². The number of piperidine rings is 1. The Hall–Kier alpha value is -2.35. The number of hydrogen-bond acceptors (Lipinski definition) is 4. The number of nitrogens with one attached hydrogen (secondary N) is 1. The number of anilines is 1. The lowest BCUT2D eigenvalue weighted by atomic mass is 9.48. The van der Waals surface area contributed by atoms with E-state index in [1.54, 1.807) is 12.1 Å². The van der Waals surface area contributed by atoms with Crippen molar-refractivity contribution in [3.8, 4) is 0 Å². The van der Waals surface area contributed by atoms with Gasteiger partial charge in [-0.3, -0.25) is 4.79 Å². The number of aliphatic hydroxyl groups is 1. The number of halogens is 1. The SMILES string of the molecule is O=C(N1CCN(c2ccc(F)cc2)CC1)N1CCC[C@H](NC(=O)C23CC4CC(C2)C(O)C(C4)C3)C1. The zero-order valence-electron chi connectivity index (χ0n) is 20.4. The van der Waals surface area contributed by atoms with Crippen LogP contribution in [-0.4, -0.2) is 78.3 Å². The molecule has 2 N–H and O–H groups in total. The molecule has 6 aliphatic rings. The highest BCUT2D eigenvalue weighted by atomic mass is 19.1. The Bertz CT molecular complexity index is 948. The number of amides is 3. The minimum absolute atomic E-state index is 0.00127. The van der Waals surface area contributed by atoms with Crippen LogP contribution in [0.2, 0.25) is 0 Å². The number of urea groups is 1. The number of rotatable bonds is 3. The van der Waals surface area contributed by atoms with Crippen LogP contribution in [0.3, 0.4) is 0 Å². The van der Waals surface area contributed by atoms with Crippen molar-refractivity contribution in [2.45, 2.75) is 57.1 Å². The normalized spacial score (nSPS) is 36.4. The Morgan fingerprint density at radius 1 is 0.943 bits per heavy atom. The van der Waals surface area contributed by atoms with Crippen LogP contribution in [0, 0.1) is 29.0 Å². The van der Waals surface area contributed by atoms with Gasteiger partial charge in [0.2, 0.25) is 5.91 Å². The van der Waals surface area contributed by atoms with Gasteiger partial charge in [-0.05, 0) is 87.0 Å². The fourth-order valence-corrected chi connectivity index (χ4v) is 7.89. The van der Waals surface area contributed by atoms with E-state index in [-0.39, 0.29) is 47.2 Å². The number of piperazine rings is 1. The molecule has 3 atom stereocenters. The summed E-state index contributed by atoms with van der Waals surface area (Å²) in [6.45, 7) is 4.02. The highest BCUT2D eigenvalue weighted by Gasteiger charge is 2.58. The Balaban J connectivity index is 1.03. The summed E-state index contributed by atoms with van der Waals surface area (Å²) in [5, 5.41) is 13.9.